The van der Waals surface area contributed by atoms with E-state index in [1.807, 2.05) is 31.3 Å². The molecule has 0 unspecified atom stereocenters. The second-order valence-electron chi connectivity index (χ2n) is 7.11. The quantitative estimate of drug-likeness (QED) is 0.389. The number of hydrogen-bond donors (Lipinski definition) is 5. The van der Waals surface area contributed by atoms with Gasteiger partial charge in [-0.1, -0.05) is 12.1 Å². The maximum Gasteiger partial charge on any atom is 0.490 e. The highest BCUT2D eigenvalue weighted by Gasteiger charge is 2.38. The second kappa shape index (κ2) is 9.59. The molecule has 0 atom stereocenters. The van der Waals surface area contributed by atoms with Crippen molar-refractivity contribution in [3.05, 3.63) is 52.9 Å². The number of carboxylic acids is 1. The number of fused-ring (bicyclic) bond motifs is 1. The summed E-state index contributed by atoms with van der Waals surface area (Å²) in [6, 6.07) is 11.1. The van der Waals surface area contributed by atoms with Crippen molar-refractivity contribution in [1.29, 1.82) is 0 Å². The van der Waals surface area contributed by atoms with E-state index in [2.05, 4.69) is 25.9 Å². The molecule has 1 saturated carbocycles. The first-order chi connectivity index (χ1) is 15.6. The number of pyridine rings is 2. The number of benzene rings is 1. The van der Waals surface area contributed by atoms with Gasteiger partial charge in [0.25, 0.3) is 5.56 Å². The average Bonchev–Trinajstić information content (AvgIpc) is 3.59. The summed E-state index contributed by atoms with van der Waals surface area (Å²) in [4.78, 5) is 40.5. The molecule has 0 spiro atoms. The number of carboxylic acid groups (broad SMARTS) is 1. The lowest BCUT2D eigenvalue weighted by Gasteiger charge is -2.14. The van der Waals surface area contributed by atoms with Gasteiger partial charge in [-0.25, -0.2) is 9.78 Å². The summed E-state index contributed by atoms with van der Waals surface area (Å²) in [5, 5.41) is 16.8. The van der Waals surface area contributed by atoms with Gasteiger partial charge in [0.1, 0.15) is 5.82 Å². The van der Waals surface area contributed by atoms with Gasteiger partial charge in [0.15, 0.2) is 0 Å². The maximum atomic E-state index is 12.4. The van der Waals surface area contributed by atoms with Crippen molar-refractivity contribution in [2.24, 2.45) is 5.92 Å². The minimum absolute atomic E-state index is 0.0248. The van der Waals surface area contributed by atoms with E-state index >= 15 is 0 Å². The molecule has 3 aromatic rings. The van der Waals surface area contributed by atoms with Crippen LogP contribution in [-0.2, 0) is 9.59 Å². The third-order valence-electron chi connectivity index (χ3n) is 4.64. The lowest BCUT2D eigenvalue weighted by molar-refractivity contribution is -0.192. The van der Waals surface area contributed by atoms with E-state index in [-0.39, 0.29) is 17.4 Å². The van der Waals surface area contributed by atoms with Crippen LogP contribution in [0, 0.1) is 5.92 Å². The van der Waals surface area contributed by atoms with E-state index in [1.54, 1.807) is 18.3 Å². The van der Waals surface area contributed by atoms with Gasteiger partial charge in [-0.3, -0.25) is 9.59 Å². The summed E-state index contributed by atoms with van der Waals surface area (Å²) in [6.07, 6.45) is -1.70. The number of nitrogens with zero attached hydrogens (tertiary/aromatic N) is 1. The molecule has 33 heavy (non-hydrogen) atoms. The minimum Gasteiger partial charge on any atom is -0.475 e. The molecular weight excluding hydrogens is 443 g/mol. The smallest absolute Gasteiger partial charge is 0.475 e. The average molecular weight is 463 g/mol. The van der Waals surface area contributed by atoms with Crippen molar-refractivity contribution in [2.45, 2.75) is 19.0 Å². The van der Waals surface area contributed by atoms with Crippen LogP contribution in [0.1, 0.15) is 12.8 Å². The number of carbonyl (C=O) groups is 2. The zero-order valence-corrected chi connectivity index (χ0v) is 17.3. The molecule has 9 nitrogen and oxygen atoms in total. The van der Waals surface area contributed by atoms with Gasteiger partial charge in [0.05, 0.1) is 28.0 Å². The molecule has 1 aliphatic carbocycles. The van der Waals surface area contributed by atoms with E-state index in [0.29, 0.717) is 22.4 Å². The number of aromatic nitrogens is 2. The summed E-state index contributed by atoms with van der Waals surface area (Å²) in [7, 11) is 1.83. The van der Waals surface area contributed by atoms with Crippen LogP contribution in [0.5, 0.6) is 0 Å². The van der Waals surface area contributed by atoms with Crippen molar-refractivity contribution in [2.75, 3.05) is 23.0 Å². The SMILES string of the molecule is CNc1ccccc1Nc1cc(NC(=O)C2CC2)nc2cc[nH]c(=O)c12.O=C(O)C(F)(F)F. The third kappa shape index (κ3) is 5.99. The number of anilines is 4. The number of aromatic amines is 1. The highest BCUT2D eigenvalue weighted by atomic mass is 19.4. The molecule has 0 radical (unpaired) electrons. The predicted molar refractivity (Wildman–Crippen MR) is 117 cm³/mol. The van der Waals surface area contributed by atoms with Crippen LogP contribution < -0.4 is 21.5 Å². The van der Waals surface area contributed by atoms with Crippen LogP contribution in [0.4, 0.5) is 36.1 Å². The van der Waals surface area contributed by atoms with Crippen LogP contribution in [-0.4, -0.2) is 40.2 Å². The molecule has 4 rings (SSSR count). The van der Waals surface area contributed by atoms with Crippen molar-refractivity contribution >= 4 is 45.7 Å². The van der Waals surface area contributed by atoms with Gasteiger partial charge in [0.2, 0.25) is 5.91 Å². The number of carbonyl (C=O) groups excluding carboxylic acids is 1. The van der Waals surface area contributed by atoms with Crippen LogP contribution in [0.2, 0.25) is 0 Å². The van der Waals surface area contributed by atoms with Crippen LogP contribution in [0.3, 0.4) is 0 Å². The Balaban J connectivity index is 0.000000383. The van der Waals surface area contributed by atoms with Crippen LogP contribution in [0.25, 0.3) is 10.9 Å². The number of aliphatic carboxylic acids is 1. The van der Waals surface area contributed by atoms with Gasteiger partial charge in [-0.15, -0.1) is 0 Å². The number of para-hydroxylation sites is 2. The Morgan fingerprint density at radius 1 is 1.12 bits per heavy atom. The van der Waals surface area contributed by atoms with E-state index in [9.17, 15) is 22.8 Å². The normalized spacial score (nSPS) is 13.0. The number of H-pyrrole nitrogens is 1. The first-order valence-corrected chi connectivity index (χ1v) is 9.77. The van der Waals surface area contributed by atoms with E-state index in [0.717, 1.165) is 24.2 Å². The zero-order valence-electron chi connectivity index (χ0n) is 17.3. The number of amides is 1. The molecule has 0 bridgehead atoms. The lowest BCUT2D eigenvalue weighted by Crippen LogP contribution is -2.21. The molecule has 5 N–H and O–H groups in total. The van der Waals surface area contributed by atoms with E-state index < -0.39 is 12.1 Å². The number of nitrogens with one attached hydrogen (secondary N) is 4. The molecule has 0 saturated heterocycles. The largest absolute Gasteiger partial charge is 0.490 e. The Kier molecular flexibility index (Phi) is 6.85. The monoisotopic (exact) mass is 463 g/mol. The Bertz CT molecular complexity index is 1240. The Labute approximate surface area is 185 Å². The molecule has 1 aliphatic rings. The molecule has 2 heterocycles. The van der Waals surface area contributed by atoms with E-state index in [4.69, 9.17) is 9.90 Å². The van der Waals surface area contributed by atoms with Crippen molar-refractivity contribution in [1.82, 2.24) is 9.97 Å². The molecule has 12 heteroatoms. The minimum atomic E-state index is -5.08. The Morgan fingerprint density at radius 2 is 1.76 bits per heavy atom. The molecule has 1 fully saturated rings. The van der Waals surface area contributed by atoms with Crippen molar-refractivity contribution in [3.63, 3.8) is 0 Å². The summed E-state index contributed by atoms with van der Waals surface area (Å²) in [5.74, 6) is -2.27. The Hall–Kier alpha value is -4.09. The second-order valence-corrected chi connectivity index (χ2v) is 7.11. The molecule has 174 valence electrons. The highest BCUT2D eigenvalue weighted by molar-refractivity contribution is 5.99. The van der Waals surface area contributed by atoms with Crippen molar-refractivity contribution < 1.29 is 27.9 Å². The zero-order chi connectivity index (χ0) is 24.2. The molecule has 0 aliphatic heterocycles. The maximum absolute atomic E-state index is 12.4. The fraction of sp³-hybridized carbons (Fsp3) is 0.238. The molecule has 1 aromatic carbocycles. The number of hydrogen-bond acceptors (Lipinski definition) is 6. The number of halogens is 3. The predicted octanol–water partition coefficient (Wildman–Crippen LogP) is 3.69. The molecular formula is C21H20F3N5O4. The summed E-state index contributed by atoms with van der Waals surface area (Å²) in [6.45, 7) is 0. The topological polar surface area (TPSA) is 136 Å². The summed E-state index contributed by atoms with van der Waals surface area (Å²) < 4.78 is 31.7. The molecule has 2 aromatic heterocycles. The van der Waals surface area contributed by atoms with Crippen molar-refractivity contribution in [3.8, 4) is 0 Å². The fourth-order valence-electron chi connectivity index (χ4n) is 2.88. The van der Waals surface area contributed by atoms with Gasteiger partial charge in [0, 0.05) is 25.2 Å². The molecule has 1 amide bonds. The third-order valence-corrected chi connectivity index (χ3v) is 4.64. The van der Waals surface area contributed by atoms with Gasteiger partial charge in [-0.05, 0) is 31.0 Å². The van der Waals surface area contributed by atoms with Gasteiger partial charge in [-0.2, -0.15) is 13.2 Å². The first kappa shape index (κ1) is 23.6. The standard InChI is InChI=1S/C19H19N5O2.C2HF3O2/c1-20-12-4-2-3-5-13(12)22-15-10-16(24-18(25)11-6-7-11)23-14-8-9-21-19(26)17(14)15;3-2(4,5)1(6)7/h2-5,8-11,20H,6-7H2,1H3,(H,21,26)(H2,22,23,24,25);(H,6,7). The van der Waals surface area contributed by atoms with Crippen LogP contribution >= 0.6 is 0 Å². The number of alkyl halides is 3. The summed E-state index contributed by atoms with van der Waals surface area (Å²) in [5.41, 5.74) is 2.59. The van der Waals surface area contributed by atoms with Crippen LogP contribution in [0.15, 0.2) is 47.4 Å². The summed E-state index contributed by atoms with van der Waals surface area (Å²) >= 11 is 0. The van der Waals surface area contributed by atoms with Gasteiger partial charge >= 0.3 is 12.1 Å². The van der Waals surface area contributed by atoms with E-state index in [1.165, 1.54) is 0 Å². The first-order valence-electron chi connectivity index (χ1n) is 9.77. The highest BCUT2D eigenvalue weighted by Crippen LogP contribution is 2.32. The van der Waals surface area contributed by atoms with Gasteiger partial charge < -0.3 is 26.0 Å². The fourth-order valence-corrected chi connectivity index (χ4v) is 2.88. The number of rotatable bonds is 5. The Morgan fingerprint density at radius 3 is 2.33 bits per heavy atom. The lowest BCUT2D eigenvalue weighted by atomic mass is 10.2.